The van der Waals surface area contributed by atoms with Crippen molar-refractivity contribution in [2.75, 3.05) is 27.2 Å². The van der Waals surface area contributed by atoms with Gasteiger partial charge >= 0.3 is 0 Å². The maximum absolute atomic E-state index is 12.6. The number of rotatable bonds is 6. The Morgan fingerprint density at radius 2 is 1.95 bits per heavy atom. The molecule has 1 amide bonds. The lowest BCUT2D eigenvalue weighted by atomic mass is 10.1. The Labute approximate surface area is 134 Å². The van der Waals surface area contributed by atoms with Crippen molar-refractivity contribution in [1.29, 1.82) is 0 Å². The Hall–Kier alpha value is -1.36. The zero-order chi connectivity index (χ0) is 16.3. The van der Waals surface area contributed by atoms with Crippen LogP contribution in [0.1, 0.15) is 61.6 Å². The molecule has 1 saturated carbocycles. The van der Waals surface area contributed by atoms with Crippen LogP contribution in [-0.2, 0) is 7.05 Å². The predicted octanol–water partition coefficient (Wildman–Crippen LogP) is 2.49. The fraction of sp³-hybridized carbons (Fsp3) is 0.765. The van der Waals surface area contributed by atoms with Gasteiger partial charge in [-0.05, 0) is 31.9 Å². The number of carbonyl (C=O) groups excluding carboxylic acids is 1. The molecule has 1 aliphatic carbocycles. The summed E-state index contributed by atoms with van der Waals surface area (Å²) in [5, 5.41) is 4.43. The van der Waals surface area contributed by atoms with Gasteiger partial charge in [-0.15, -0.1) is 0 Å². The van der Waals surface area contributed by atoms with Crippen LogP contribution in [0.25, 0.3) is 0 Å². The number of likely N-dealkylation sites (N-methyl/N-ethyl adjacent to an activating group) is 2. The van der Waals surface area contributed by atoms with Gasteiger partial charge in [-0.2, -0.15) is 5.10 Å². The van der Waals surface area contributed by atoms with Crippen molar-refractivity contribution < 1.29 is 4.79 Å². The van der Waals surface area contributed by atoms with Crippen molar-refractivity contribution in [3.63, 3.8) is 0 Å². The van der Waals surface area contributed by atoms with Crippen molar-refractivity contribution in [3.05, 3.63) is 17.5 Å². The van der Waals surface area contributed by atoms with Crippen molar-refractivity contribution in [3.8, 4) is 0 Å². The summed E-state index contributed by atoms with van der Waals surface area (Å²) < 4.78 is 1.70. The van der Waals surface area contributed by atoms with E-state index < -0.39 is 0 Å². The van der Waals surface area contributed by atoms with Gasteiger partial charge in [0.1, 0.15) is 5.69 Å². The first-order valence-corrected chi connectivity index (χ1v) is 8.39. The molecule has 0 radical (unpaired) electrons. The average molecular weight is 306 g/mol. The SMILES string of the molecule is CC(C)c1cc(C(=O)N(C)CCN(C)C2CCCC2)n(C)n1. The molecule has 0 spiro atoms. The normalized spacial score (nSPS) is 16.0. The van der Waals surface area contributed by atoms with Crippen LogP contribution in [0, 0.1) is 0 Å². The highest BCUT2D eigenvalue weighted by atomic mass is 16.2. The molecule has 0 bridgehead atoms. The molecule has 0 unspecified atom stereocenters. The van der Waals surface area contributed by atoms with Crippen molar-refractivity contribution >= 4 is 5.91 Å². The molecule has 5 heteroatoms. The molecule has 0 aromatic carbocycles. The number of nitrogens with zero attached hydrogens (tertiary/aromatic N) is 4. The van der Waals surface area contributed by atoms with Gasteiger partial charge in [0.2, 0.25) is 0 Å². The molecular weight excluding hydrogens is 276 g/mol. The maximum atomic E-state index is 12.6. The van der Waals surface area contributed by atoms with Gasteiger partial charge < -0.3 is 9.80 Å². The van der Waals surface area contributed by atoms with Crippen LogP contribution in [-0.4, -0.2) is 58.7 Å². The number of aromatic nitrogens is 2. The van der Waals surface area contributed by atoms with Crippen LogP contribution in [0.5, 0.6) is 0 Å². The molecule has 124 valence electrons. The van der Waals surface area contributed by atoms with E-state index in [9.17, 15) is 4.79 Å². The third kappa shape index (κ3) is 3.88. The summed E-state index contributed by atoms with van der Waals surface area (Å²) in [5.74, 6) is 0.397. The molecule has 1 fully saturated rings. The number of hydrogen-bond acceptors (Lipinski definition) is 3. The lowest BCUT2D eigenvalue weighted by molar-refractivity contribution is 0.0763. The highest BCUT2D eigenvalue weighted by Crippen LogP contribution is 2.22. The van der Waals surface area contributed by atoms with E-state index in [1.54, 1.807) is 4.68 Å². The fourth-order valence-corrected chi connectivity index (χ4v) is 3.10. The van der Waals surface area contributed by atoms with Crippen LogP contribution < -0.4 is 0 Å². The van der Waals surface area contributed by atoms with Gasteiger partial charge in [0.15, 0.2) is 0 Å². The van der Waals surface area contributed by atoms with E-state index in [4.69, 9.17) is 0 Å². The number of hydrogen-bond donors (Lipinski definition) is 0. The molecule has 1 aromatic rings. The average Bonchev–Trinajstić information content (AvgIpc) is 3.12. The smallest absolute Gasteiger partial charge is 0.271 e. The monoisotopic (exact) mass is 306 g/mol. The van der Waals surface area contributed by atoms with Gasteiger partial charge in [-0.25, -0.2) is 0 Å². The molecule has 1 heterocycles. The molecule has 0 N–H and O–H groups in total. The highest BCUT2D eigenvalue weighted by Gasteiger charge is 2.22. The topological polar surface area (TPSA) is 41.4 Å². The number of amides is 1. The third-order valence-electron chi connectivity index (χ3n) is 4.79. The molecule has 0 saturated heterocycles. The molecule has 5 nitrogen and oxygen atoms in total. The molecule has 0 aliphatic heterocycles. The Morgan fingerprint density at radius 1 is 1.32 bits per heavy atom. The van der Waals surface area contributed by atoms with E-state index in [0.717, 1.165) is 18.8 Å². The molecule has 2 rings (SSSR count). The number of aryl methyl sites for hydroxylation is 1. The van der Waals surface area contributed by atoms with Crippen LogP contribution in [0.15, 0.2) is 6.07 Å². The van der Waals surface area contributed by atoms with Crippen molar-refractivity contribution in [2.45, 2.75) is 51.5 Å². The fourth-order valence-electron chi connectivity index (χ4n) is 3.10. The quantitative estimate of drug-likeness (QED) is 0.811. The second-order valence-corrected chi connectivity index (χ2v) is 6.88. The molecule has 1 aliphatic rings. The first-order chi connectivity index (χ1) is 10.4. The lowest BCUT2D eigenvalue weighted by Gasteiger charge is -2.26. The summed E-state index contributed by atoms with van der Waals surface area (Å²) in [5.41, 5.74) is 1.65. The summed E-state index contributed by atoms with van der Waals surface area (Å²) in [6, 6.07) is 2.62. The van der Waals surface area contributed by atoms with Gasteiger partial charge in [0.05, 0.1) is 5.69 Å². The standard InChI is InChI=1S/C17H30N4O/c1-13(2)15-12-16(21(5)18-15)17(22)20(4)11-10-19(3)14-8-6-7-9-14/h12-14H,6-11H2,1-5H3. The third-order valence-corrected chi connectivity index (χ3v) is 4.79. The first-order valence-electron chi connectivity index (χ1n) is 8.39. The first kappa shape index (κ1) is 17.0. The van der Waals surface area contributed by atoms with E-state index in [2.05, 4.69) is 30.9 Å². The molecule has 1 aromatic heterocycles. The zero-order valence-corrected chi connectivity index (χ0v) is 14.7. The summed E-state index contributed by atoms with van der Waals surface area (Å²) >= 11 is 0. The van der Waals surface area contributed by atoms with Crippen LogP contribution in [0.2, 0.25) is 0 Å². The Bertz CT molecular complexity index is 503. The van der Waals surface area contributed by atoms with Gasteiger partial charge in [-0.3, -0.25) is 9.48 Å². The summed E-state index contributed by atoms with van der Waals surface area (Å²) in [7, 11) is 5.90. The minimum atomic E-state index is 0.0571. The minimum Gasteiger partial charge on any atom is -0.339 e. The second-order valence-electron chi connectivity index (χ2n) is 6.88. The summed E-state index contributed by atoms with van der Waals surface area (Å²) in [6.07, 6.45) is 5.29. The predicted molar refractivity (Wildman–Crippen MR) is 89.1 cm³/mol. The van der Waals surface area contributed by atoms with Gasteiger partial charge in [0.25, 0.3) is 5.91 Å². The van der Waals surface area contributed by atoms with E-state index in [1.807, 2.05) is 25.1 Å². The van der Waals surface area contributed by atoms with E-state index in [-0.39, 0.29) is 5.91 Å². The maximum Gasteiger partial charge on any atom is 0.271 e. The van der Waals surface area contributed by atoms with Crippen LogP contribution >= 0.6 is 0 Å². The molecule has 22 heavy (non-hydrogen) atoms. The molecule has 0 atom stereocenters. The second kappa shape index (κ2) is 7.27. The lowest BCUT2D eigenvalue weighted by Crippen LogP contribution is -2.38. The van der Waals surface area contributed by atoms with Gasteiger partial charge in [0, 0.05) is 33.2 Å². The molecular formula is C17H30N4O. The van der Waals surface area contributed by atoms with Crippen molar-refractivity contribution in [1.82, 2.24) is 19.6 Å². The Kier molecular flexibility index (Phi) is 5.62. The Morgan fingerprint density at radius 3 is 2.50 bits per heavy atom. The summed E-state index contributed by atoms with van der Waals surface area (Å²) in [6.45, 7) is 5.88. The number of carbonyl (C=O) groups is 1. The van der Waals surface area contributed by atoms with Crippen LogP contribution in [0.3, 0.4) is 0 Å². The summed E-state index contributed by atoms with van der Waals surface area (Å²) in [4.78, 5) is 16.8. The highest BCUT2D eigenvalue weighted by molar-refractivity contribution is 5.92. The van der Waals surface area contributed by atoms with E-state index in [0.29, 0.717) is 17.7 Å². The minimum absolute atomic E-state index is 0.0571. The van der Waals surface area contributed by atoms with E-state index in [1.165, 1.54) is 25.7 Å². The largest absolute Gasteiger partial charge is 0.339 e. The van der Waals surface area contributed by atoms with Crippen molar-refractivity contribution in [2.24, 2.45) is 7.05 Å². The Balaban J connectivity index is 1.91. The van der Waals surface area contributed by atoms with Crippen LogP contribution in [0.4, 0.5) is 0 Å². The zero-order valence-electron chi connectivity index (χ0n) is 14.7. The van der Waals surface area contributed by atoms with Gasteiger partial charge in [-0.1, -0.05) is 26.7 Å². The van der Waals surface area contributed by atoms with E-state index >= 15 is 0 Å².